The summed E-state index contributed by atoms with van der Waals surface area (Å²) in [5.74, 6) is 1.85. The zero-order chi connectivity index (χ0) is 14.0. The molecule has 4 saturated carbocycles. The Bertz CT molecular complexity index is 538. The summed E-state index contributed by atoms with van der Waals surface area (Å²) >= 11 is 6.03. The lowest BCUT2D eigenvalue weighted by molar-refractivity contribution is -0.0973. The molecule has 0 amide bonds. The maximum atomic E-state index is 6.03. The van der Waals surface area contributed by atoms with Gasteiger partial charge < -0.3 is 5.32 Å². The van der Waals surface area contributed by atoms with E-state index in [0.717, 1.165) is 11.7 Å². The van der Waals surface area contributed by atoms with Crippen molar-refractivity contribution in [2.45, 2.75) is 57.9 Å². The summed E-state index contributed by atoms with van der Waals surface area (Å²) in [7, 11) is 0. The normalized spacial score (nSPS) is 45.6. The third kappa shape index (κ3) is 2.04. The number of nitrogens with zero attached hydrogens (tertiary/aromatic N) is 1. The summed E-state index contributed by atoms with van der Waals surface area (Å²) in [5.41, 5.74) is 1.31. The fraction of sp³-hybridized carbons (Fsp3) is 0.706. The molecule has 2 nitrogen and oxygen atoms in total. The minimum Gasteiger partial charge on any atom is -0.365 e. The van der Waals surface area contributed by atoms with Crippen LogP contribution in [0.1, 0.15) is 52.4 Å². The molecule has 1 aromatic rings. The van der Waals surface area contributed by atoms with Crippen molar-refractivity contribution in [2.24, 2.45) is 16.7 Å². The zero-order valence-corrected chi connectivity index (χ0v) is 13.1. The molecule has 4 aliphatic rings. The van der Waals surface area contributed by atoms with E-state index in [0.29, 0.717) is 16.0 Å². The van der Waals surface area contributed by atoms with Crippen LogP contribution in [0.5, 0.6) is 0 Å². The molecule has 20 heavy (non-hydrogen) atoms. The molecule has 0 aliphatic heterocycles. The minimum absolute atomic E-state index is 0.251. The van der Waals surface area contributed by atoms with Crippen LogP contribution in [0.2, 0.25) is 5.15 Å². The largest absolute Gasteiger partial charge is 0.365 e. The molecule has 1 N–H and O–H groups in total. The Hall–Kier alpha value is -0.760. The molecule has 0 radical (unpaired) electrons. The Labute approximate surface area is 126 Å². The minimum atomic E-state index is 0.251. The highest BCUT2D eigenvalue weighted by atomic mass is 35.5. The third-order valence-corrected chi connectivity index (χ3v) is 5.95. The van der Waals surface area contributed by atoms with E-state index in [2.05, 4.69) is 30.2 Å². The van der Waals surface area contributed by atoms with Crippen LogP contribution in [-0.2, 0) is 0 Å². The molecule has 108 valence electrons. The van der Waals surface area contributed by atoms with Crippen LogP contribution in [0.3, 0.4) is 0 Å². The molecule has 4 aliphatic carbocycles. The van der Waals surface area contributed by atoms with Crippen molar-refractivity contribution in [2.75, 3.05) is 5.32 Å². The molecule has 2 unspecified atom stereocenters. The highest BCUT2D eigenvalue weighted by Crippen LogP contribution is 2.66. The molecular weight excluding hydrogens is 268 g/mol. The van der Waals surface area contributed by atoms with Gasteiger partial charge in [-0.25, -0.2) is 4.98 Å². The van der Waals surface area contributed by atoms with Crippen LogP contribution in [0.25, 0.3) is 0 Å². The molecule has 4 fully saturated rings. The Morgan fingerprint density at radius 2 is 1.80 bits per heavy atom. The second-order valence-corrected chi connectivity index (χ2v) is 8.77. The van der Waals surface area contributed by atoms with E-state index < -0.39 is 0 Å². The zero-order valence-electron chi connectivity index (χ0n) is 12.4. The van der Waals surface area contributed by atoms with Gasteiger partial charge in [0.2, 0.25) is 0 Å². The van der Waals surface area contributed by atoms with Crippen LogP contribution in [-0.4, -0.2) is 10.5 Å². The van der Waals surface area contributed by atoms with Gasteiger partial charge in [-0.3, -0.25) is 0 Å². The van der Waals surface area contributed by atoms with Crippen molar-refractivity contribution in [1.82, 2.24) is 4.98 Å². The Kier molecular flexibility index (Phi) is 2.53. The smallest absolute Gasteiger partial charge is 0.131 e. The van der Waals surface area contributed by atoms with Crippen molar-refractivity contribution in [3.63, 3.8) is 0 Å². The number of aromatic nitrogens is 1. The quantitative estimate of drug-likeness (QED) is 0.784. The van der Waals surface area contributed by atoms with Crippen molar-refractivity contribution in [3.05, 3.63) is 23.4 Å². The summed E-state index contributed by atoms with van der Waals surface area (Å²) in [6.45, 7) is 5.00. The van der Waals surface area contributed by atoms with Crippen LogP contribution in [0, 0.1) is 16.7 Å². The number of anilines is 1. The maximum absolute atomic E-state index is 6.03. The van der Waals surface area contributed by atoms with Gasteiger partial charge in [0.05, 0.1) is 0 Å². The number of nitrogens with one attached hydrogen (secondary N) is 1. The first kappa shape index (κ1) is 12.9. The molecule has 0 spiro atoms. The number of hydrogen-bond acceptors (Lipinski definition) is 2. The highest BCUT2D eigenvalue weighted by Gasteiger charge is 2.60. The number of pyridine rings is 1. The predicted molar refractivity (Wildman–Crippen MR) is 83.0 cm³/mol. The van der Waals surface area contributed by atoms with Gasteiger partial charge in [0.25, 0.3) is 0 Å². The lowest BCUT2D eigenvalue weighted by Gasteiger charge is -2.65. The summed E-state index contributed by atoms with van der Waals surface area (Å²) in [6, 6.07) is 5.88. The summed E-state index contributed by atoms with van der Waals surface area (Å²) in [4.78, 5) is 4.45. The second kappa shape index (κ2) is 3.91. The Morgan fingerprint density at radius 1 is 1.10 bits per heavy atom. The summed E-state index contributed by atoms with van der Waals surface area (Å²) in [5, 5.41) is 4.36. The fourth-order valence-corrected chi connectivity index (χ4v) is 6.50. The second-order valence-electron chi connectivity index (χ2n) is 8.38. The van der Waals surface area contributed by atoms with Gasteiger partial charge in [0.15, 0.2) is 0 Å². The van der Waals surface area contributed by atoms with E-state index in [1.165, 1.54) is 38.5 Å². The van der Waals surface area contributed by atoms with E-state index in [1.54, 1.807) is 0 Å². The molecule has 0 saturated heterocycles. The molecule has 3 heteroatoms. The van der Waals surface area contributed by atoms with Crippen LogP contribution in [0.15, 0.2) is 18.2 Å². The summed E-state index contributed by atoms with van der Waals surface area (Å²) in [6.07, 6.45) is 8.15. The van der Waals surface area contributed by atoms with Gasteiger partial charge in [-0.15, -0.1) is 0 Å². The van der Waals surface area contributed by atoms with E-state index >= 15 is 0 Å². The number of rotatable bonds is 2. The number of hydrogen-bond donors (Lipinski definition) is 1. The van der Waals surface area contributed by atoms with Crippen LogP contribution < -0.4 is 5.32 Å². The predicted octanol–water partition coefficient (Wildman–Crippen LogP) is 4.90. The van der Waals surface area contributed by atoms with E-state index in [1.807, 2.05) is 12.1 Å². The molecule has 4 bridgehead atoms. The van der Waals surface area contributed by atoms with Gasteiger partial charge in [0, 0.05) is 5.54 Å². The Morgan fingerprint density at radius 3 is 2.40 bits per heavy atom. The SMILES string of the molecule is CC12CC3CC(C)(C1)CC(Nc1cccc(Cl)n1)(C3)C2. The average molecular weight is 291 g/mol. The van der Waals surface area contributed by atoms with Gasteiger partial charge >= 0.3 is 0 Å². The molecule has 5 rings (SSSR count). The van der Waals surface area contributed by atoms with Crippen molar-refractivity contribution in [3.8, 4) is 0 Å². The van der Waals surface area contributed by atoms with E-state index in [9.17, 15) is 0 Å². The topological polar surface area (TPSA) is 24.9 Å². The molecule has 1 aromatic heterocycles. The maximum Gasteiger partial charge on any atom is 0.131 e. The van der Waals surface area contributed by atoms with Crippen LogP contribution in [0.4, 0.5) is 5.82 Å². The molecular formula is C17H23ClN2. The first-order chi connectivity index (χ1) is 9.38. The van der Waals surface area contributed by atoms with Gasteiger partial charge in [0.1, 0.15) is 11.0 Å². The van der Waals surface area contributed by atoms with Crippen molar-refractivity contribution >= 4 is 17.4 Å². The average Bonchev–Trinajstić information content (AvgIpc) is 2.22. The summed E-state index contributed by atoms with van der Waals surface area (Å²) < 4.78 is 0. The van der Waals surface area contributed by atoms with E-state index in [4.69, 9.17) is 11.6 Å². The van der Waals surface area contributed by atoms with Gasteiger partial charge in [-0.2, -0.15) is 0 Å². The molecule has 2 atom stereocenters. The van der Waals surface area contributed by atoms with E-state index in [-0.39, 0.29) is 5.54 Å². The third-order valence-electron chi connectivity index (χ3n) is 5.73. The van der Waals surface area contributed by atoms with Gasteiger partial charge in [-0.1, -0.05) is 31.5 Å². The van der Waals surface area contributed by atoms with Crippen molar-refractivity contribution < 1.29 is 0 Å². The lowest BCUT2D eigenvalue weighted by atomic mass is 9.43. The molecule has 0 aromatic carbocycles. The van der Waals surface area contributed by atoms with Gasteiger partial charge in [-0.05, 0) is 67.4 Å². The lowest BCUT2D eigenvalue weighted by Crippen LogP contribution is -2.61. The van der Waals surface area contributed by atoms with Crippen molar-refractivity contribution in [1.29, 1.82) is 0 Å². The monoisotopic (exact) mass is 290 g/mol. The van der Waals surface area contributed by atoms with Crippen LogP contribution >= 0.6 is 11.6 Å². The standard InChI is InChI=1S/C17H23ClN2/c1-15-6-12-7-16(2,9-15)11-17(8-12,10-15)20-14-5-3-4-13(18)19-14/h3-5,12H,6-11H2,1-2H3,(H,19,20). The highest BCUT2D eigenvalue weighted by molar-refractivity contribution is 6.29. The fourth-order valence-electron chi connectivity index (χ4n) is 6.34. The first-order valence-electron chi connectivity index (χ1n) is 7.79. The number of halogens is 1. The molecule has 1 heterocycles. The first-order valence-corrected chi connectivity index (χ1v) is 8.16. The Balaban J connectivity index is 1.67.